The Morgan fingerprint density at radius 3 is 2.54 bits per heavy atom. The van der Waals surface area contributed by atoms with E-state index in [0.717, 1.165) is 17.7 Å². The molecule has 1 amide bonds. The van der Waals surface area contributed by atoms with Crippen LogP contribution in [0.4, 0.5) is 4.39 Å². The maximum Gasteiger partial charge on any atom is 0.270 e. The monoisotopic (exact) mass is 344 g/mol. The maximum atomic E-state index is 13.2. The molecule has 26 heavy (non-hydrogen) atoms. The van der Waals surface area contributed by atoms with E-state index in [-0.39, 0.29) is 11.7 Å². The fraction of sp³-hybridized carbons (Fsp3) is 0.136. The molecule has 0 saturated carbocycles. The molecule has 2 heterocycles. The fourth-order valence-electron chi connectivity index (χ4n) is 3.10. The smallest absolute Gasteiger partial charge is 0.270 e. The summed E-state index contributed by atoms with van der Waals surface area (Å²) in [6.45, 7) is 2.02. The van der Waals surface area contributed by atoms with Crippen LogP contribution in [0.15, 0.2) is 66.9 Å². The van der Waals surface area contributed by atoms with Crippen molar-refractivity contribution in [1.29, 1.82) is 0 Å². The quantitative estimate of drug-likeness (QED) is 0.651. The van der Waals surface area contributed by atoms with E-state index in [0.29, 0.717) is 24.3 Å². The molecule has 2 aromatic carbocycles. The molecule has 0 fully saturated rings. The third kappa shape index (κ3) is 3.38. The Kier molecular flexibility index (Phi) is 4.28. The summed E-state index contributed by atoms with van der Waals surface area (Å²) in [4.78, 5) is 14.6. The molecule has 0 radical (unpaired) electrons. The standard InChI is InChI=1S/C22H17FN2O/c23-20-8-4-7-17(13-20)9-10-19-14-21-22(26)25(12-11-24(21)16-19)15-18-5-2-1-3-6-18/h1-8,13-14,16H,11-12,15H2. The van der Waals surface area contributed by atoms with Crippen LogP contribution in [-0.2, 0) is 13.1 Å². The zero-order valence-electron chi connectivity index (χ0n) is 14.2. The van der Waals surface area contributed by atoms with E-state index >= 15 is 0 Å². The van der Waals surface area contributed by atoms with Crippen molar-refractivity contribution in [3.05, 3.63) is 95.1 Å². The first kappa shape index (κ1) is 16.2. The first-order valence-corrected chi connectivity index (χ1v) is 8.50. The topological polar surface area (TPSA) is 25.2 Å². The van der Waals surface area contributed by atoms with Crippen LogP contribution < -0.4 is 0 Å². The van der Waals surface area contributed by atoms with Gasteiger partial charge in [0.1, 0.15) is 11.5 Å². The Labute approximate surface area is 151 Å². The highest BCUT2D eigenvalue weighted by Gasteiger charge is 2.24. The summed E-state index contributed by atoms with van der Waals surface area (Å²) in [5.74, 6) is 5.68. The summed E-state index contributed by atoms with van der Waals surface area (Å²) in [6.07, 6.45) is 1.89. The third-order valence-corrected chi connectivity index (χ3v) is 4.41. The van der Waals surface area contributed by atoms with Crippen LogP contribution in [0.3, 0.4) is 0 Å². The number of amides is 1. The first-order chi connectivity index (χ1) is 12.7. The van der Waals surface area contributed by atoms with Crippen LogP contribution in [0.1, 0.15) is 27.2 Å². The van der Waals surface area contributed by atoms with E-state index in [4.69, 9.17) is 0 Å². The summed E-state index contributed by atoms with van der Waals surface area (Å²) < 4.78 is 15.2. The van der Waals surface area contributed by atoms with E-state index in [1.165, 1.54) is 12.1 Å². The largest absolute Gasteiger partial charge is 0.340 e. The number of rotatable bonds is 2. The molecule has 1 aliphatic heterocycles. The highest BCUT2D eigenvalue weighted by atomic mass is 19.1. The van der Waals surface area contributed by atoms with Gasteiger partial charge in [0.05, 0.1) is 0 Å². The van der Waals surface area contributed by atoms with Gasteiger partial charge in [0.25, 0.3) is 5.91 Å². The van der Waals surface area contributed by atoms with Gasteiger partial charge in [-0.15, -0.1) is 0 Å². The Hall–Kier alpha value is -3.32. The molecule has 0 atom stereocenters. The number of fused-ring (bicyclic) bond motifs is 1. The SMILES string of the molecule is O=C1c2cc(C#Cc3cccc(F)c3)cn2CCN1Cc1ccccc1. The van der Waals surface area contributed by atoms with E-state index in [1.54, 1.807) is 12.1 Å². The van der Waals surface area contributed by atoms with E-state index in [9.17, 15) is 9.18 Å². The van der Waals surface area contributed by atoms with Gasteiger partial charge in [-0.3, -0.25) is 4.79 Å². The van der Waals surface area contributed by atoms with Crippen molar-refractivity contribution in [3.63, 3.8) is 0 Å². The van der Waals surface area contributed by atoms with Gasteiger partial charge in [0.2, 0.25) is 0 Å². The zero-order chi connectivity index (χ0) is 17.9. The number of carbonyl (C=O) groups excluding carboxylic acids is 1. The lowest BCUT2D eigenvalue weighted by Gasteiger charge is -2.28. The molecule has 0 spiro atoms. The number of aromatic nitrogens is 1. The second-order valence-electron chi connectivity index (χ2n) is 6.28. The number of benzene rings is 2. The lowest BCUT2D eigenvalue weighted by atomic mass is 10.2. The molecule has 0 unspecified atom stereocenters. The second-order valence-corrected chi connectivity index (χ2v) is 6.28. The number of nitrogens with zero attached hydrogens (tertiary/aromatic N) is 2. The average molecular weight is 344 g/mol. The molecule has 4 heteroatoms. The molecular weight excluding hydrogens is 327 g/mol. The summed E-state index contributed by atoms with van der Waals surface area (Å²) in [7, 11) is 0. The van der Waals surface area contributed by atoms with Gasteiger partial charge < -0.3 is 9.47 Å². The van der Waals surface area contributed by atoms with Crippen molar-refractivity contribution in [2.24, 2.45) is 0 Å². The van der Waals surface area contributed by atoms with Crippen molar-refractivity contribution in [2.75, 3.05) is 6.54 Å². The predicted octanol–water partition coefficient (Wildman–Crippen LogP) is 3.68. The molecular formula is C22H17FN2O. The minimum Gasteiger partial charge on any atom is -0.340 e. The van der Waals surface area contributed by atoms with Crippen LogP contribution in [-0.4, -0.2) is 21.9 Å². The van der Waals surface area contributed by atoms with Gasteiger partial charge >= 0.3 is 0 Å². The van der Waals surface area contributed by atoms with Gasteiger partial charge in [-0.05, 0) is 29.8 Å². The van der Waals surface area contributed by atoms with Crippen LogP contribution in [0.25, 0.3) is 0 Å². The Morgan fingerprint density at radius 2 is 1.73 bits per heavy atom. The molecule has 128 valence electrons. The van der Waals surface area contributed by atoms with E-state index in [2.05, 4.69) is 11.8 Å². The Balaban J connectivity index is 1.54. The van der Waals surface area contributed by atoms with Gasteiger partial charge in [-0.2, -0.15) is 0 Å². The number of hydrogen-bond donors (Lipinski definition) is 0. The van der Waals surface area contributed by atoms with Gasteiger partial charge in [0, 0.05) is 37.0 Å². The molecule has 0 aliphatic carbocycles. The lowest BCUT2D eigenvalue weighted by Crippen LogP contribution is -2.39. The van der Waals surface area contributed by atoms with Gasteiger partial charge in [-0.25, -0.2) is 4.39 Å². The van der Waals surface area contributed by atoms with Crippen LogP contribution in [0, 0.1) is 17.7 Å². The fourth-order valence-corrected chi connectivity index (χ4v) is 3.10. The molecule has 1 aliphatic rings. The highest BCUT2D eigenvalue weighted by Crippen LogP contribution is 2.18. The van der Waals surface area contributed by atoms with Crippen LogP contribution in [0.5, 0.6) is 0 Å². The van der Waals surface area contributed by atoms with Crippen LogP contribution >= 0.6 is 0 Å². The minimum absolute atomic E-state index is 0.0129. The van der Waals surface area contributed by atoms with Crippen molar-refractivity contribution < 1.29 is 9.18 Å². The lowest BCUT2D eigenvalue weighted by molar-refractivity contribution is 0.0691. The third-order valence-electron chi connectivity index (χ3n) is 4.41. The van der Waals surface area contributed by atoms with Crippen molar-refractivity contribution >= 4 is 5.91 Å². The molecule has 3 nitrogen and oxygen atoms in total. The molecule has 0 saturated heterocycles. The molecule has 0 N–H and O–H groups in total. The first-order valence-electron chi connectivity index (χ1n) is 8.50. The summed E-state index contributed by atoms with van der Waals surface area (Å²) in [5.41, 5.74) is 3.15. The van der Waals surface area contributed by atoms with Gasteiger partial charge in [0.15, 0.2) is 0 Å². The Bertz CT molecular complexity index is 1010. The van der Waals surface area contributed by atoms with Gasteiger partial charge in [-0.1, -0.05) is 48.2 Å². The predicted molar refractivity (Wildman–Crippen MR) is 98.0 cm³/mol. The number of hydrogen-bond acceptors (Lipinski definition) is 1. The summed E-state index contributed by atoms with van der Waals surface area (Å²) in [5, 5.41) is 0. The summed E-state index contributed by atoms with van der Waals surface area (Å²) >= 11 is 0. The Morgan fingerprint density at radius 1 is 0.923 bits per heavy atom. The van der Waals surface area contributed by atoms with Crippen molar-refractivity contribution in [2.45, 2.75) is 13.1 Å². The minimum atomic E-state index is -0.306. The van der Waals surface area contributed by atoms with Crippen molar-refractivity contribution in [1.82, 2.24) is 9.47 Å². The zero-order valence-corrected chi connectivity index (χ0v) is 14.2. The van der Waals surface area contributed by atoms with Crippen molar-refractivity contribution in [3.8, 4) is 11.8 Å². The number of halogens is 1. The molecule has 3 aromatic rings. The molecule has 4 rings (SSSR count). The van der Waals surface area contributed by atoms with E-state index < -0.39 is 0 Å². The average Bonchev–Trinajstić information content (AvgIpc) is 3.07. The molecule has 0 bridgehead atoms. The highest BCUT2D eigenvalue weighted by molar-refractivity contribution is 5.94. The number of carbonyl (C=O) groups is 1. The summed E-state index contributed by atoms with van der Waals surface area (Å²) in [6, 6.07) is 18.0. The molecule has 1 aromatic heterocycles. The normalized spacial score (nSPS) is 13.1. The second kappa shape index (κ2) is 6.89. The van der Waals surface area contributed by atoms with Crippen LogP contribution in [0.2, 0.25) is 0 Å². The van der Waals surface area contributed by atoms with E-state index in [1.807, 2.05) is 52.1 Å². The maximum absolute atomic E-state index is 13.2.